The van der Waals surface area contributed by atoms with Crippen molar-refractivity contribution >= 4 is 35.0 Å². The van der Waals surface area contributed by atoms with E-state index in [1.165, 1.54) is 12.3 Å². The summed E-state index contributed by atoms with van der Waals surface area (Å²) in [6.07, 6.45) is 3.55. The number of likely N-dealkylation sites (tertiary alicyclic amines) is 2. The predicted octanol–water partition coefficient (Wildman–Crippen LogP) is 4.05. The number of methoxy groups -OCH3 is 1. The van der Waals surface area contributed by atoms with Crippen molar-refractivity contribution in [1.82, 2.24) is 14.8 Å². The summed E-state index contributed by atoms with van der Waals surface area (Å²) in [5.41, 5.74) is 1.38. The van der Waals surface area contributed by atoms with Crippen molar-refractivity contribution in [2.45, 2.75) is 25.8 Å². The van der Waals surface area contributed by atoms with Gasteiger partial charge in [0.25, 0.3) is 5.91 Å². The van der Waals surface area contributed by atoms with Crippen molar-refractivity contribution < 1.29 is 14.3 Å². The smallest absolute Gasteiger partial charge is 0.256 e. The lowest BCUT2D eigenvalue weighted by molar-refractivity contribution is -0.128. The average molecular weight is 448 g/mol. The molecular formula is C22H23Cl2N3O3. The number of rotatable bonds is 4. The number of piperidine rings is 1. The van der Waals surface area contributed by atoms with Crippen molar-refractivity contribution in [1.29, 1.82) is 0 Å². The lowest BCUT2D eigenvalue weighted by Crippen LogP contribution is -2.44. The van der Waals surface area contributed by atoms with Crippen LogP contribution in [0.1, 0.15) is 35.2 Å². The van der Waals surface area contributed by atoms with Gasteiger partial charge in [-0.25, -0.2) is 4.98 Å². The summed E-state index contributed by atoms with van der Waals surface area (Å²) in [5.74, 6) is 0.838. The van der Waals surface area contributed by atoms with Gasteiger partial charge in [-0.1, -0.05) is 35.3 Å². The number of hydrogen-bond donors (Lipinski definition) is 0. The fourth-order valence-electron chi connectivity index (χ4n) is 4.33. The zero-order chi connectivity index (χ0) is 21.3. The number of amides is 2. The molecular weight excluding hydrogens is 425 g/mol. The zero-order valence-electron chi connectivity index (χ0n) is 16.7. The molecule has 3 heterocycles. The van der Waals surface area contributed by atoms with Gasteiger partial charge in [0.15, 0.2) is 0 Å². The maximum atomic E-state index is 12.8. The van der Waals surface area contributed by atoms with Crippen molar-refractivity contribution in [2.24, 2.45) is 5.41 Å². The summed E-state index contributed by atoms with van der Waals surface area (Å²) in [7, 11) is 1.64. The van der Waals surface area contributed by atoms with Crippen molar-refractivity contribution in [3.63, 3.8) is 0 Å². The van der Waals surface area contributed by atoms with E-state index in [1.807, 2.05) is 29.2 Å². The van der Waals surface area contributed by atoms with Gasteiger partial charge >= 0.3 is 0 Å². The second-order valence-electron chi connectivity index (χ2n) is 8.05. The van der Waals surface area contributed by atoms with Gasteiger partial charge in [-0.2, -0.15) is 0 Å². The molecule has 0 radical (unpaired) electrons. The molecule has 0 unspecified atom stereocenters. The van der Waals surface area contributed by atoms with Crippen LogP contribution < -0.4 is 4.74 Å². The Morgan fingerprint density at radius 1 is 1.20 bits per heavy atom. The van der Waals surface area contributed by atoms with Crippen LogP contribution in [0.5, 0.6) is 5.75 Å². The number of nitrogens with zero attached hydrogens (tertiary/aromatic N) is 3. The van der Waals surface area contributed by atoms with Gasteiger partial charge in [0.2, 0.25) is 5.91 Å². The molecule has 2 fully saturated rings. The minimum atomic E-state index is -0.140. The summed E-state index contributed by atoms with van der Waals surface area (Å²) in [4.78, 5) is 33.2. The molecule has 8 heteroatoms. The Balaban J connectivity index is 1.38. The minimum Gasteiger partial charge on any atom is -0.497 e. The molecule has 0 saturated carbocycles. The molecule has 0 bridgehead atoms. The van der Waals surface area contributed by atoms with E-state index >= 15 is 0 Å². The third-order valence-corrected chi connectivity index (χ3v) is 6.62. The van der Waals surface area contributed by atoms with Crippen molar-refractivity contribution in [2.75, 3.05) is 26.7 Å². The number of carbonyl (C=O) groups is 2. The highest BCUT2D eigenvalue weighted by Crippen LogP contribution is 2.42. The summed E-state index contributed by atoms with van der Waals surface area (Å²) >= 11 is 12.0. The number of carbonyl (C=O) groups excluding carboxylic acids is 2. The maximum absolute atomic E-state index is 12.8. The highest BCUT2D eigenvalue weighted by molar-refractivity contribution is 6.36. The lowest BCUT2D eigenvalue weighted by atomic mass is 9.77. The second kappa shape index (κ2) is 8.44. The van der Waals surface area contributed by atoms with Crippen LogP contribution in [0, 0.1) is 5.41 Å². The number of pyridine rings is 1. The SMILES string of the molecule is COc1ccc(CN2CC3(CCN(C(=O)c4cnc(Cl)cc4Cl)CC3)CC2=O)cc1. The highest BCUT2D eigenvalue weighted by atomic mass is 35.5. The first-order valence-electron chi connectivity index (χ1n) is 9.90. The third-order valence-electron chi connectivity index (χ3n) is 6.10. The van der Waals surface area contributed by atoms with Crippen LogP contribution in [-0.4, -0.2) is 53.3 Å². The molecule has 2 aliphatic heterocycles. The zero-order valence-corrected chi connectivity index (χ0v) is 18.2. The topological polar surface area (TPSA) is 62.7 Å². The number of benzene rings is 1. The van der Waals surface area contributed by atoms with Gasteiger partial charge in [0, 0.05) is 44.2 Å². The molecule has 4 rings (SSSR count). The van der Waals surface area contributed by atoms with Crippen molar-refractivity contribution in [3.8, 4) is 5.75 Å². The van der Waals surface area contributed by atoms with E-state index in [0.717, 1.165) is 30.7 Å². The van der Waals surface area contributed by atoms with E-state index < -0.39 is 0 Å². The molecule has 2 saturated heterocycles. The molecule has 1 aromatic heterocycles. The van der Waals surface area contributed by atoms with Crippen LogP contribution >= 0.6 is 23.2 Å². The van der Waals surface area contributed by atoms with E-state index in [0.29, 0.717) is 36.6 Å². The van der Waals surface area contributed by atoms with E-state index in [9.17, 15) is 9.59 Å². The van der Waals surface area contributed by atoms with Crippen LogP contribution in [0.2, 0.25) is 10.2 Å². The average Bonchev–Trinajstić information content (AvgIpc) is 3.03. The lowest BCUT2D eigenvalue weighted by Gasteiger charge is -2.39. The van der Waals surface area contributed by atoms with E-state index in [-0.39, 0.29) is 22.4 Å². The molecule has 0 N–H and O–H groups in total. The van der Waals surface area contributed by atoms with Crippen LogP contribution in [0.25, 0.3) is 0 Å². The number of hydrogen-bond acceptors (Lipinski definition) is 4. The Morgan fingerprint density at radius 3 is 2.53 bits per heavy atom. The van der Waals surface area contributed by atoms with Gasteiger partial charge in [0.05, 0.1) is 17.7 Å². The molecule has 2 aromatic rings. The van der Waals surface area contributed by atoms with Gasteiger partial charge < -0.3 is 14.5 Å². The quantitative estimate of drug-likeness (QED) is 0.663. The molecule has 6 nitrogen and oxygen atoms in total. The molecule has 0 aliphatic carbocycles. The Kier molecular flexibility index (Phi) is 5.89. The Bertz CT molecular complexity index is 957. The summed E-state index contributed by atoms with van der Waals surface area (Å²) in [6.45, 7) is 2.52. The third kappa shape index (κ3) is 4.25. The molecule has 1 aromatic carbocycles. The van der Waals surface area contributed by atoms with Crippen LogP contribution in [-0.2, 0) is 11.3 Å². The fourth-order valence-corrected chi connectivity index (χ4v) is 4.78. The Morgan fingerprint density at radius 2 is 1.90 bits per heavy atom. The molecule has 2 aliphatic rings. The van der Waals surface area contributed by atoms with Crippen LogP contribution in [0.15, 0.2) is 36.5 Å². The largest absolute Gasteiger partial charge is 0.497 e. The normalized spacial score (nSPS) is 18.2. The Labute approximate surface area is 185 Å². The Hall–Kier alpha value is -2.31. The number of ether oxygens (including phenoxy) is 1. The van der Waals surface area contributed by atoms with Crippen LogP contribution in [0.4, 0.5) is 0 Å². The molecule has 30 heavy (non-hydrogen) atoms. The van der Waals surface area contributed by atoms with E-state index in [4.69, 9.17) is 27.9 Å². The fraction of sp³-hybridized carbons (Fsp3) is 0.409. The second-order valence-corrected chi connectivity index (χ2v) is 8.85. The molecule has 0 atom stereocenters. The first-order valence-corrected chi connectivity index (χ1v) is 10.7. The van der Waals surface area contributed by atoms with Gasteiger partial charge in [-0.3, -0.25) is 9.59 Å². The molecule has 2 amide bonds. The van der Waals surface area contributed by atoms with E-state index in [2.05, 4.69) is 4.98 Å². The highest BCUT2D eigenvalue weighted by Gasteiger charge is 2.45. The van der Waals surface area contributed by atoms with E-state index in [1.54, 1.807) is 12.0 Å². The summed E-state index contributed by atoms with van der Waals surface area (Å²) < 4.78 is 5.19. The van der Waals surface area contributed by atoms with Gasteiger partial charge in [-0.05, 0) is 36.6 Å². The number of halogens is 2. The monoisotopic (exact) mass is 447 g/mol. The molecule has 158 valence electrons. The minimum absolute atomic E-state index is 0.0671. The number of aromatic nitrogens is 1. The standard InChI is InChI=1S/C22H23Cl2N3O3/c1-30-16-4-2-15(3-5-16)13-27-14-22(11-20(27)28)6-8-26(9-7-22)21(29)17-12-25-19(24)10-18(17)23/h2-5,10,12H,6-9,11,13-14H2,1H3. The van der Waals surface area contributed by atoms with Crippen molar-refractivity contribution in [3.05, 3.63) is 57.8 Å². The van der Waals surface area contributed by atoms with Crippen LogP contribution in [0.3, 0.4) is 0 Å². The maximum Gasteiger partial charge on any atom is 0.256 e. The predicted molar refractivity (Wildman–Crippen MR) is 115 cm³/mol. The first kappa shape index (κ1) is 20.9. The molecule has 1 spiro atoms. The van der Waals surface area contributed by atoms with Gasteiger partial charge in [0.1, 0.15) is 10.9 Å². The summed E-state index contributed by atoms with van der Waals surface area (Å²) in [5, 5.41) is 0.567. The summed E-state index contributed by atoms with van der Waals surface area (Å²) in [6, 6.07) is 9.28. The van der Waals surface area contributed by atoms with Gasteiger partial charge in [-0.15, -0.1) is 0 Å². The first-order chi connectivity index (χ1) is 14.4.